The number of rotatable bonds is 6. The molecule has 138 valence electrons. The Morgan fingerprint density at radius 2 is 2.04 bits per heavy atom. The third-order valence-electron chi connectivity index (χ3n) is 4.88. The van der Waals surface area contributed by atoms with Crippen LogP contribution in [0.1, 0.15) is 27.9 Å². The van der Waals surface area contributed by atoms with Crippen LogP contribution in [0.25, 0.3) is 0 Å². The molecule has 1 amide bonds. The predicted molar refractivity (Wildman–Crippen MR) is 106 cm³/mol. The van der Waals surface area contributed by atoms with Crippen LogP contribution in [0.15, 0.2) is 42.5 Å². The fourth-order valence-electron chi connectivity index (χ4n) is 3.40. The largest absolute Gasteiger partial charge is 0.380 e. The third kappa shape index (κ3) is 4.57. The normalized spacial score (nSPS) is 16.7. The van der Waals surface area contributed by atoms with Gasteiger partial charge in [0.25, 0.3) is 5.91 Å². The number of aryl methyl sites for hydroxylation is 1. The fourth-order valence-corrected chi connectivity index (χ4v) is 3.57. The number of amides is 1. The fraction of sp³-hybridized carbons (Fsp3) is 0.381. The molecular formula is C21H25ClN2O2. The van der Waals surface area contributed by atoms with Crippen molar-refractivity contribution in [2.75, 3.05) is 31.6 Å². The number of hydrogen-bond acceptors (Lipinski definition) is 3. The van der Waals surface area contributed by atoms with Crippen molar-refractivity contribution in [1.82, 2.24) is 5.32 Å². The van der Waals surface area contributed by atoms with Gasteiger partial charge < -0.3 is 15.0 Å². The number of halogens is 1. The first-order valence-electron chi connectivity index (χ1n) is 8.94. The number of benzene rings is 2. The van der Waals surface area contributed by atoms with E-state index in [1.807, 2.05) is 36.4 Å². The molecule has 4 nitrogen and oxygen atoms in total. The number of methoxy groups -OCH3 is 1. The van der Waals surface area contributed by atoms with E-state index in [1.54, 1.807) is 7.11 Å². The zero-order chi connectivity index (χ0) is 18.5. The molecule has 1 heterocycles. The summed E-state index contributed by atoms with van der Waals surface area (Å²) in [6.07, 6.45) is 1.07. The molecule has 1 aliphatic rings. The van der Waals surface area contributed by atoms with E-state index in [0.717, 1.165) is 30.1 Å². The number of nitrogens with zero attached hydrogens (tertiary/aromatic N) is 1. The molecule has 1 unspecified atom stereocenters. The van der Waals surface area contributed by atoms with Crippen molar-refractivity contribution >= 4 is 23.2 Å². The van der Waals surface area contributed by atoms with Gasteiger partial charge in [0, 0.05) is 43.0 Å². The summed E-state index contributed by atoms with van der Waals surface area (Å²) in [5.41, 5.74) is 4.17. The molecular weight excluding hydrogens is 348 g/mol. The van der Waals surface area contributed by atoms with Gasteiger partial charge in [-0.2, -0.15) is 0 Å². The molecule has 0 bridgehead atoms. The average Bonchev–Trinajstić information content (AvgIpc) is 3.11. The molecule has 0 aliphatic carbocycles. The zero-order valence-electron chi connectivity index (χ0n) is 15.3. The number of hydrogen-bond donors (Lipinski definition) is 1. The average molecular weight is 373 g/mol. The van der Waals surface area contributed by atoms with E-state index in [0.29, 0.717) is 24.6 Å². The molecule has 1 atom stereocenters. The summed E-state index contributed by atoms with van der Waals surface area (Å²) in [5, 5.41) is 3.83. The molecule has 0 radical (unpaired) electrons. The second-order valence-electron chi connectivity index (χ2n) is 6.87. The molecule has 2 aromatic rings. The summed E-state index contributed by atoms with van der Waals surface area (Å²) in [7, 11) is 1.66. The van der Waals surface area contributed by atoms with E-state index in [4.69, 9.17) is 16.3 Å². The Morgan fingerprint density at radius 3 is 2.77 bits per heavy atom. The maximum absolute atomic E-state index is 12.3. The van der Waals surface area contributed by atoms with Crippen molar-refractivity contribution in [3.63, 3.8) is 0 Å². The van der Waals surface area contributed by atoms with Gasteiger partial charge in [-0.05, 0) is 54.7 Å². The first-order chi connectivity index (χ1) is 12.6. The quantitative estimate of drug-likeness (QED) is 0.831. The highest BCUT2D eigenvalue weighted by Crippen LogP contribution is 2.29. The van der Waals surface area contributed by atoms with Crippen molar-refractivity contribution in [2.24, 2.45) is 5.92 Å². The molecule has 26 heavy (non-hydrogen) atoms. The van der Waals surface area contributed by atoms with Crippen LogP contribution >= 0.6 is 11.6 Å². The van der Waals surface area contributed by atoms with E-state index in [9.17, 15) is 4.79 Å². The van der Waals surface area contributed by atoms with Crippen LogP contribution in [0.5, 0.6) is 0 Å². The van der Waals surface area contributed by atoms with Gasteiger partial charge in [0.2, 0.25) is 0 Å². The topological polar surface area (TPSA) is 41.6 Å². The van der Waals surface area contributed by atoms with E-state index >= 15 is 0 Å². The smallest absolute Gasteiger partial charge is 0.251 e. The van der Waals surface area contributed by atoms with Crippen LogP contribution in [-0.2, 0) is 11.3 Å². The number of carbonyl (C=O) groups is 1. The summed E-state index contributed by atoms with van der Waals surface area (Å²) in [6.45, 7) is 5.28. The van der Waals surface area contributed by atoms with E-state index in [2.05, 4.69) is 23.2 Å². The van der Waals surface area contributed by atoms with Gasteiger partial charge in [-0.25, -0.2) is 0 Å². The van der Waals surface area contributed by atoms with Gasteiger partial charge in [-0.3, -0.25) is 4.79 Å². The molecule has 0 aromatic heterocycles. The van der Waals surface area contributed by atoms with Crippen molar-refractivity contribution in [2.45, 2.75) is 20.0 Å². The molecule has 5 heteroatoms. The zero-order valence-corrected chi connectivity index (χ0v) is 16.1. The van der Waals surface area contributed by atoms with Crippen LogP contribution in [0.4, 0.5) is 5.69 Å². The summed E-state index contributed by atoms with van der Waals surface area (Å²) >= 11 is 6.14. The van der Waals surface area contributed by atoms with Gasteiger partial charge in [-0.15, -0.1) is 0 Å². The van der Waals surface area contributed by atoms with Crippen molar-refractivity contribution in [1.29, 1.82) is 0 Å². The van der Waals surface area contributed by atoms with Gasteiger partial charge in [0.05, 0.1) is 6.61 Å². The van der Waals surface area contributed by atoms with Crippen LogP contribution in [0.2, 0.25) is 5.02 Å². The highest BCUT2D eigenvalue weighted by Gasteiger charge is 2.24. The third-order valence-corrected chi connectivity index (χ3v) is 5.11. The summed E-state index contributed by atoms with van der Waals surface area (Å²) in [5.74, 6) is 0.427. The van der Waals surface area contributed by atoms with Gasteiger partial charge >= 0.3 is 0 Å². The van der Waals surface area contributed by atoms with Gasteiger partial charge in [0.1, 0.15) is 0 Å². The van der Waals surface area contributed by atoms with Crippen molar-refractivity contribution < 1.29 is 9.53 Å². The van der Waals surface area contributed by atoms with E-state index in [-0.39, 0.29) is 5.91 Å². The van der Waals surface area contributed by atoms with Crippen molar-refractivity contribution in [3.8, 4) is 0 Å². The SMILES string of the molecule is COCc1ccc(C(=O)NCC2CCN(c3cc(Cl)ccc3C)C2)cc1. The standard InChI is InChI=1S/C21H25ClN2O2/c1-15-3-8-19(22)11-20(15)24-10-9-17(13-24)12-23-21(25)18-6-4-16(5-7-18)14-26-2/h3-8,11,17H,9-10,12-14H2,1-2H3,(H,23,25). The lowest BCUT2D eigenvalue weighted by atomic mass is 10.1. The summed E-state index contributed by atoms with van der Waals surface area (Å²) < 4.78 is 5.09. The second-order valence-corrected chi connectivity index (χ2v) is 7.31. The molecule has 3 rings (SSSR count). The number of anilines is 1. The molecule has 1 saturated heterocycles. The number of carbonyl (C=O) groups excluding carboxylic acids is 1. The second kappa shape index (κ2) is 8.56. The minimum absolute atomic E-state index is 0.0219. The molecule has 1 N–H and O–H groups in total. The van der Waals surface area contributed by atoms with Crippen LogP contribution in [0.3, 0.4) is 0 Å². The Morgan fingerprint density at radius 1 is 1.27 bits per heavy atom. The first kappa shape index (κ1) is 18.7. The lowest BCUT2D eigenvalue weighted by molar-refractivity contribution is 0.0948. The van der Waals surface area contributed by atoms with Crippen LogP contribution in [0, 0.1) is 12.8 Å². The van der Waals surface area contributed by atoms with E-state index in [1.165, 1.54) is 11.3 Å². The highest BCUT2D eigenvalue weighted by atomic mass is 35.5. The maximum Gasteiger partial charge on any atom is 0.251 e. The predicted octanol–water partition coefficient (Wildman–Crippen LogP) is 4.05. The lowest BCUT2D eigenvalue weighted by Crippen LogP contribution is -2.31. The molecule has 2 aromatic carbocycles. The molecule has 0 saturated carbocycles. The highest BCUT2D eigenvalue weighted by molar-refractivity contribution is 6.30. The van der Waals surface area contributed by atoms with E-state index < -0.39 is 0 Å². The monoisotopic (exact) mass is 372 g/mol. The Balaban J connectivity index is 1.52. The molecule has 1 aliphatic heterocycles. The lowest BCUT2D eigenvalue weighted by Gasteiger charge is -2.21. The Bertz CT molecular complexity index is 761. The Hall–Kier alpha value is -2.04. The van der Waals surface area contributed by atoms with Crippen LogP contribution in [-0.4, -0.2) is 32.7 Å². The Kier molecular flexibility index (Phi) is 6.17. The number of nitrogens with one attached hydrogen (secondary N) is 1. The minimum atomic E-state index is -0.0219. The summed E-state index contributed by atoms with van der Waals surface area (Å²) in [4.78, 5) is 14.7. The van der Waals surface area contributed by atoms with Crippen LogP contribution < -0.4 is 10.2 Å². The minimum Gasteiger partial charge on any atom is -0.380 e. The number of ether oxygens (including phenoxy) is 1. The first-order valence-corrected chi connectivity index (χ1v) is 9.32. The van der Waals surface area contributed by atoms with Crippen molar-refractivity contribution in [3.05, 3.63) is 64.2 Å². The van der Waals surface area contributed by atoms with Gasteiger partial charge in [-0.1, -0.05) is 29.8 Å². The molecule has 0 spiro atoms. The Labute approximate surface area is 160 Å². The molecule has 1 fully saturated rings. The summed E-state index contributed by atoms with van der Waals surface area (Å²) in [6, 6.07) is 13.6. The maximum atomic E-state index is 12.3. The van der Waals surface area contributed by atoms with Gasteiger partial charge in [0.15, 0.2) is 0 Å².